The molecule has 3 aromatic rings. The predicted octanol–water partition coefficient (Wildman–Crippen LogP) is 4.45. The van der Waals surface area contributed by atoms with Gasteiger partial charge in [-0.3, -0.25) is 10.1 Å². The zero-order valence-corrected chi connectivity index (χ0v) is 14.6. The van der Waals surface area contributed by atoms with E-state index in [2.05, 4.69) is 10.2 Å². The van der Waals surface area contributed by atoms with Crippen LogP contribution < -0.4 is 9.47 Å². The van der Waals surface area contributed by atoms with Crippen LogP contribution in [0, 0.1) is 10.1 Å². The number of nitro groups is 1. The maximum atomic E-state index is 10.8. The van der Waals surface area contributed by atoms with E-state index in [0.29, 0.717) is 5.89 Å². The van der Waals surface area contributed by atoms with Gasteiger partial charge in [0.05, 0.1) is 17.1 Å². The van der Waals surface area contributed by atoms with Crippen molar-refractivity contribution in [2.45, 2.75) is 13.0 Å². The van der Waals surface area contributed by atoms with Crippen LogP contribution in [-0.2, 0) is 0 Å². The van der Waals surface area contributed by atoms with Crippen molar-refractivity contribution >= 4 is 17.3 Å². The highest BCUT2D eigenvalue weighted by Gasteiger charge is 2.19. The van der Waals surface area contributed by atoms with Gasteiger partial charge in [-0.05, 0) is 37.3 Å². The number of nitro benzene ring substituents is 1. The molecule has 3 rings (SSSR count). The second-order valence-electron chi connectivity index (χ2n) is 5.31. The van der Waals surface area contributed by atoms with Crippen molar-refractivity contribution in [3.63, 3.8) is 0 Å². The zero-order chi connectivity index (χ0) is 18.7. The van der Waals surface area contributed by atoms with Crippen molar-refractivity contribution < 1.29 is 18.8 Å². The molecule has 8 nitrogen and oxygen atoms in total. The molecule has 2 aromatic carbocycles. The molecule has 26 heavy (non-hydrogen) atoms. The Morgan fingerprint density at radius 3 is 2.54 bits per heavy atom. The summed E-state index contributed by atoms with van der Waals surface area (Å²) in [7, 11) is 1.59. The number of aromatic nitrogens is 2. The van der Waals surface area contributed by atoms with Gasteiger partial charge in [-0.2, -0.15) is 0 Å². The van der Waals surface area contributed by atoms with Gasteiger partial charge in [0, 0.05) is 17.7 Å². The molecule has 0 amide bonds. The fourth-order valence-electron chi connectivity index (χ4n) is 2.19. The van der Waals surface area contributed by atoms with E-state index in [-0.39, 0.29) is 22.4 Å². The van der Waals surface area contributed by atoms with Crippen molar-refractivity contribution in [3.05, 3.63) is 63.5 Å². The highest BCUT2D eigenvalue weighted by Crippen LogP contribution is 2.32. The van der Waals surface area contributed by atoms with Crippen molar-refractivity contribution in [2.24, 2.45) is 0 Å². The molecule has 0 saturated carbocycles. The van der Waals surface area contributed by atoms with Crippen LogP contribution in [0.2, 0.25) is 5.02 Å². The van der Waals surface area contributed by atoms with Crippen LogP contribution in [0.5, 0.6) is 11.5 Å². The summed E-state index contributed by atoms with van der Waals surface area (Å²) in [4.78, 5) is 10.2. The van der Waals surface area contributed by atoms with Crippen molar-refractivity contribution in [1.29, 1.82) is 0 Å². The normalized spacial score (nSPS) is 11.8. The Morgan fingerprint density at radius 2 is 1.92 bits per heavy atom. The topological polar surface area (TPSA) is 101 Å². The Hall–Kier alpha value is -3.13. The third-order valence-electron chi connectivity index (χ3n) is 3.56. The summed E-state index contributed by atoms with van der Waals surface area (Å²) < 4.78 is 16.4. The lowest BCUT2D eigenvalue weighted by Gasteiger charge is -2.12. The number of rotatable bonds is 6. The second kappa shape index (κ2) is 7.40. The molecule has 0 fully saturated rings. The van der Waals surface area contributed by atoms with Crippen LogP contribution >= 0.6 is 11.6 Å². The summed E-state index contributed by atoms with van der Waals surface area (Å²) in [5, 5.41) is 18.9. The van der Waals surface area contributed by atoms with Crippen LogP contribution in [0.4, 0.5) is 5.69 Å². The molecular formula is C17H14ClN3O5. The number of halogens is 1. The number of ether oxygens (including phenoxy) is 2. The van der Waals surface area contributed by atoms with Gasteiger partial charge in [-0.15, -0.1) is 10.2 Å². The number of hydrogen-bond donors (Lipinski definition) is 0. The molecule has 0 N–H and O–H groups in total. The van der Waals surface area contributed by atoms with E-state index in [0.717, 1.165) is 11.3 Å². The number of benzene rings is 2. The molecule has 9 heteroatoms. The summed E-state index contributed by atoms with van der Waals surface area (Å²) in [5.41, 5.74) is 0.625. The minimum absolute atomic E-state index is 0.116. The molecule has 0 aliphatic heterocycles. The largest absolute Gasteiger partial charge is 0.497 e. The third kappa shape index (κ3) is 3.75. The van der Waals surface area contributed by atoms with E-state index in [1.165, 1.54) is 18.2 Å². The van der Waals surface area contributed by atoms with E-state index in [1.807, 2.05) is 0 Å². The first-order valence-electron chi connectivity index (χ1n) is 7.56. The van der Waals surface area contributed by atoms with E-state index in [4.69, 9.17) is 25.5 Å². The fourth-order valence-corrected chi connectivity index (χ4v) is 2.41. The first kappa shape index (κ1) is 17.7. The van der Waals surface area contributed by atoms with Crippen LogP contribution in [-0.4, -0.2) is 22.2 Å². The summed E-state index contributed by atoms with van der Waals surface area (Å²) in [6.45, 7) is 1.71. The number of methoxy groups -OCH3 is 1. The van der Waals surface area contributed by atoms with Gasteiger partial charge in [-0.1, -0.05) is 11.6 Å². The SMILES string of the molecule is COc1ccc(-c2nnc(C(C)Oc3ccc([N+](=O)[O-])cc3Cl)o2)cc1. The maximum Gasteiger partial charge on any atom is 0.271 e. The molecular weight excluding hydrogens is 362 g/mol. The van der Waals surface area contributed by atoms with E-state index in [1.54, 1.807) is 38.3 Å². The van der Waals surface area contributed by atoms with E-state index < -0.39 is 11.0 Å². The molecule has 134 valence electrons. The monoisotopic (exact) mass is 375 g/mol. The molecule has 1 unspecified atom stereocenters. The van der Waals surface area contributed by atoms with Crippen molar-refractivity contribution in [1.82, 2.24) is 10.2 Å². The summed E-state index contributed by atoms with van der Waals surface area (Å²) in [6.07, 6.45) is -0.589. The maximum absolute atomic E-state index is 10.8. The molecule has 1 heterocycles. The quantitative estimate of drug-likeness (QED) is 0.463. The lowest BCUT2D eigenvalue weighted by Crippen LogP contribution is -2.04. The Balaban J connectivity index is 1.75. The molecule has 1 aromatic heterocycles. The van der Waals surface area contributed by atoms with Crippen LogP contribution in [0.25, 0.3) is 11.5 Å². The Morgan fingerprint density at radius 1 is 1.19 bits per heavy atom. The molecule has 0 bridgehead atoms. The van der Waals surface area contributed by atoms with E-state index in [9.17, 15) is 10.1 Å². The van der Waals surface area contributed by atoms with Gasteiger partial charge in [0.2, 0.25) is 5.89 Å². The summed E-state index contributed by atoms with van der Waals surface area (Å²) >= 11 is 6.03. The highest BCUT2D eigenvalue weighted by molar-refractivity contribution is 6.32. The van der Waals surface area contributed by atoms with E-state index >= 15 is 0 Å². The number of non-ortho nitro benzene ring substituents is 1. The number of hydrogen-bond acceptors (Lipinski definition) is 7. The average molecular weight is 376 g/mol. The summed E-state index contributed by atoms with van der Waals surface area (Å²) in [5.74, 6) is 1.60. The Bertz CT molecular complexity index is 926. The molecule has 0 aliphatic carbocycles. The molecule has 0 radical (unpaired) electrons. The fraction of sp³-hybridized carbons (Fsp3) is 0.176. The minimum atomic E-state index is -0.589. The van der Waals surface area contributed by atoms with Crippen LogP contribution in [0.3, 0.4) is 0 Å². The van der Waals surface area contributed by atoms with Crippen molar-refractivity contribution in [2.75, 3.05) is 7.11 Å². The molecule has 0 saturated heterocycles. The van der Waals surface area contributed by atoms with Crippen LogP contribution in [0.15, 0.2) is 46.9 Å². The van der Waals surface area contributed by atoms with Crippen LogP contribution in [0.1, 0.15) is 18.9 Å². The third-order valence-corrected chi connectivity index (χ3v) is 3.85. The minimum Gasteiger partial charge on any atom is -0.497 e. The Labute approximate surface area is 153 Å². The predicted molar refractivity (Wildman–Crippen MR) is 93.4 cm³/mol. The smallest absolute Gasteiger partial charge is 0.271 e. The number of nitrogens with zero attached hydrogens (tertiary/aromatic N) is 3. The van der Waals surface area contributed by atoms with Gasteiger partial charge >= 0.3 is 0 Å². The molecule has 1 atom stereocenters. The standard InChI is InChI=1S/C17H14ClN3O5/c1-10(25-15-8-5-12(21(22)23)9-14(15)18)16-19-20-17(26-16)11-3-6-13(24-2)7-4-11/h3-10H,1-2H3. The molecule has 0 aliphatic rings. The van der Waals surface area contributed by atoms with Gasteiger partial charge in [0.1, 0.15) is 11.5 Å². The van der Waals surface area contributed by atoms with Crippen molar-refractivity contribution in [3.8, 4) is 23.0 Å². The lowest BCUT2D eigenvalue weighted by molar-refractivity contribution is -0.384. The molecule has 0 spiro atoms. The van der Waals surface area contributed by atoms with Gasteiger partial charge < -0.3 is 13.9 Å². The van der Waals surface area contributed by atoms with Gasteiger partial charge in [-0.25, -0.2) is 0 Å². The Kier molecular flexibility index (Phi) is 5.04. The zero-order valence-electron chi connectivity index (χ0n) is 13.9. The second-order valence-corrected chi connectivity index (χ2v) is 5.71. The average Bonchev–Trinajstić information content (AvgIpc) is 3.13. The summed E-state index contributed by atoms with van der Waals surface area (Å²) in [6, 6.07) is 11.1. The first-order chi connectivity index (χ1) is 12.5. The highest BCUT2D eigenvalue weighted by atomic mass is 35.5. The van der Waals surface area contributed by atoms with Gasteiger partial charge in [0.25, 0.3) is 11.6 Å². The lowest BCUT2D eigenvalue weighted by atomic mass is 10.2. The first-order valence-corrected chi connectivity index (χ1v) is 7.94. The van der Waals surface area contributed by atoms with Gasteiger partial charge in [0.15, 0.2) is 6.10 Å².